The van der Waals surface area contributed by atoms with Crippen molar-refractivity contribution in [3.8, 4) is 5.75 Å². The number of ether oxygens (including phenoxy) is 2. The maximum atomic E-state index is 10.9. The predicted molar refractivity (Wildman–Crippen MR) is 110 cm³/mol. The minimum absolute atomic E-state index is 0.467. The first kappa shape index (κ1) is 19.2. The van der Waals surface area contributed by atoms with Crippen LogP contribution in [0, 0.1) is 0 Å². The van der Waals surface area contributed by atoms with Crippen LogP contribution >= 0.6 is 0 Å². The normalized spacial score (nSPS) is 22.9. The Bertz CT molecular complexity index is 787. The Labute approximate surface area is 167 Å². The first-order valence-corrected chi connectivity index (χ1v) is 10.3. The lowest BCUT2D eigenvalue weighted by molar-refractivity contribution is -0.231. The fraction of sp³-hybridized carbons (Fsp3) is 0.522. The highest BCUT2D eigenvalue weighted by atomic mass is 16.7. The van der Waals surface area contributed by atoms with Gasteiger partial charge in [0.1, 0.15) is 12.0 Å². The number of likely N-dealkylation sites (tertiary alicyclic amines) is 1. The van der Waals surface area contributed by atoms with E-state index in [2.05, 4.69) is 22.3 Å². The fourth-order valence-corrected chi connectivity index (χ4v) is 4.39. The molecule has 1 aromatic rings. The lowest BCUT2D eigenvalue weighted by Crippen LogP contribution is -2.54. The van der Waals surface area contributed by atoms with Crippen molar-refractivity contribution in [3.63, 3.8) is 0 Å². The second-order valence-electron chi connectivity index (χ2n) is 8.08. The number of nitrogens with zero attached hydrogens (tertiary/aromatic N) is 1. The molecule has 0 amide bonds. The van der Waals surface area contributed by atoms with E-state index in [0.29, 0.717) is 6.61 Å². The van der Waals surface area contributed by atoms with Gasteiger partial charge in [-0.2, -0.15) is 0 Å². The van der Waals surface area contributed by atoms with E-state index in [4.69, 9.17) is 9.47 Å². The maximum Gasteiger partial charge on any atom is 0.213 e. The van der Waals surface area contributed by atoms with Crippen LogP contribution in [0.3, 0.4) is 0 Å². The molecule has 1 N–H and O–H groups in total. The van der Waals surface area contributed by atoms with Gasteiger partial charge in [-0.1, -0.05) is 12.5 Å². The molecule has 1 saturated carbocycles. The van der Waals surface area contributed by atoms with Crippen molar-refractivity contribution in [3.05, 3.63) is 47.2 Å². The van der Waals surface area contributed by atoms with Crippen LogP contribution in [0.25, 0.3) is 5.57 Å². The summed E-state index contributed by atoms with van der Waals surface area (Å²) in [4.78, 5) is 13.5. The molecule has 0 bridgehead atoms. The molecule has 0 radical (unpaired) electrons. The summed E-state index contributed by atoms with van der Waals surface area (Å²) in [5, 5.41) is 3.07. The molecule has 0 atom stereocenters. The van der Waals surface area contributed by atoms with Gasteiger partial charge < -0.3 is 14.8 Å². The van der Waals surface area contributed by atoms with Gasteiger partial charge in [-0.25, -0.2) is 0 Å². The van der Waals surface area contributed by atoms with E-state index < -0.39 is 5.79 Å². The molecule has 1 aliphatic carbocycles. The molecule has 0 aromatic heterocycles. The third kappa shape index (κ3) is 3.74. The van der Waals surface area contributed by atoms with Gasteiger partial charge in [0.2, 0.25) is 5.79 Å². The van der Waals surface area contributed by atoms with Gasteiger partial charge in [0, 0.05) is 56.4 Å². The summed E-state index contributed by atoms with van der Waals surface area (Å²) < 4.78 is 12.6. The zero-order chi connectivity index (χ0) is 19.6. The highest BCUT2D eigenvalue weighted by molar-refractivity contribution is 5.83. The van der Waals surface area contributed by atoms with Crippen molar-refractivity contribution in [1.82, 2.24) is 10.2 Å². The Hall–Kier alpha value is -2.11. The zero-order valence-electron chi connectivity index (χ0n) is 16.9. The van der Waals surface area contributed by atoms with Crippen molar-refractivity contribution in [1.29, 1.82) is 0 Å². The summed E-state index contributed by atoms with van der Waals surface area (Å²) in [5.74, 6) is 0.457. The van der Waals surface area contributed by atoms with Gasteiger partial charge >= 0.3 is 0 Å². The molecule has 150 valence electrons. The van der Waals surface area contributed by atoms with E-state index >= 15 is 0 Å². The second-order valence-corrected chi connectivity index (χ2v) is 8.08. The monoisotopic (exact) mass is 382 g/mol. The second kappa shape index (κ2) is 8.10. The van der Waals surface area contributed by atoms with E-state index in [1.54, 1.807) is 6.08 Å². The Morgan fingerprint density at radius 2 is 2.07 bits per heavy atom. The van der Waals surface area contributed by atoms with Gasteiger partial charge in [-0.3, -0.25) is 9.69 Å². The Kier molecular flexibility index (Phi) is 5.56. The third-order valence-electron chi connectivity index (χ3n) is 6.34. The van der Waals surface area contributed by atoms with E-state index in [1.165, 1.54) is 19.3 Å². The first-order chi connectivity index (χ1) is 13.6. The number of piperidine rings is 1. The number of nitrogens with one attached hydrogen (secondary N) is 1. The van der Waals surface area contributed by atoms with Crippen LogP contribution in [-0.4, -0.2) is 43.2 Å². The molecule has 2 heterocycles. The van der Waals surface area contributed by atoms with Crippen molar-refractivity contribution in [2.75, 3.05) is 20.1 Å². The number of rotatable bonds is 5. The molecule has 5 heteroatoms. The number of hydrogen-bond acceptors (Lipinski definition) is 5. The molecular formula is C23H30N2O3. The van der Waals surface area contributed by atoms with E-state index in [0.717, 1.165) is 66.3 Å². The van der Waals surface area contributed by atoms with Crippen molar-refractivity contribution < 1.29 is 14.3 Å². The van der Waals surface area contributed by atoms with Gasteiger partial charge in [-0.15, -0.1) is 0 Å². The molecule has 1 aromatic carbocycles. The quantitative estimate of drug-likeness (QED) is 0.479. The van der Waals surface area contributed by atoms with Crippen LogP contribution in [0.5, 0.6) is 5.75 Å². The Balaban J connectivity index is 1.49. The van der Waals surface area contributed by atoms with Gasteiger partial charge in [0.15, 0.2) is 0 Å². The van der Waals surface area contributed by atoms with Crippen LogP contribution in [0.2, 0.25) is 0 Å². The van der Waals surface area contributed by atoms with Crippen LogP contribution in [0.4, 0.5) is 0 Å². The standard InChI is InChI=1S/C23H30N2O3/c1-17(8-13-26)21(15-24-2)18-6-7-22-19(14-18)16-27-23(28-22)9-11-25(12-10-23)20-4-3-5-20/h6-8,13-15,20,24H,3-5,9-12,16H2,1-2H3/b17-8-,21-15+. The minimum Gasteiger partial charge on any atom is -0.462 e. The number of fused-ring (bicyclic) bond motifs is 1. The summed E-state index contributed by atoms with van der Waals surface area (Å²) in [7, 11) is 1.86. The fourth-order valence-electron chi connectivity index (χ4n) is 4.39. The van der Waals surface area contributed by atoms with E-state index in [9.17, 15) is 4.79 Å². The molecule has 1 spiro atoms. The number of carbonyl (C=O) groups excluding carboxylic acids is 1. The van der Waals surface area contributed by atoms with Crippen LogP contribution in [-0.2, 0) is 16.1 Å². The zero-order valence-corrected chi connectivity index (χ0v) is 16.9. The lowest BCUT2D eigenvalue weighted by atomic mass is 9.89. The molecule has 2 aliphatic heterocycles. The highest BCUT2D eigenvalue weighted by Crippen LogP contribution is 2.40. The number of carbonyl (C=O) groups is 1. The molecule has 2 fully saturated rings. The van der Waals surface area contributed by atoms with E-state index in [-0.39, 0.29) is 0 Å². The molecule has 4 rings (SSSR count). The summed E-state index contributed by atoms with van der Waals surface area (Å²) >= 11 is 0. The van der Waals surface area contributed by atoms with Crippen molar-refractivity contribution >= 4 is 11.9 Å². The molecule has 28 heavy (non-hydrogen) atoms. The highest BCUT2D eigenvalue weighted by Gasteiger charge is 2.42. The number of benzene rings is 1. The molecular weight excluding hydrogens is 352 g/mol. The summed E-state index contributed by atoms with van der Waals surface area (Å²) in [6, 6.07) is 7.00. The van der Waals surface area contributed by atoms with Crippen LogP contribution in [0.1, 0.15) is 50.2 Å². The number of aldehydes is 1. The van der Waals surface area contributed by atoms with Gasteiger partial charge in [0.05, 0.1) is 6.61 Å². The molecule has 1 saturated heterocycles. The summed E-state index contributed by atoms with van der Waals surface area (Å²) in [5.41, 5.74) is 4.02. The average Bonchev–Trinajstić information content (AvgIpc) is 2.66. The number of allylic oxidation sites excluding steroid dienone is 3. The van der Waals surface area contributed by atoms with Gasteiger partial charge in [0.25, 0.3) is 0 Å². The van der Waals surface area contributed by atoms with Gasteiger partial charge in [-0.05, 0) is 49.1 Å². The Morgan fingerprint density at radius 1 is 1.29 bits per heavy atom. The largest absolute Gasteiger partial charge is 0.462 e. The molecule has 0 unspecified atom stereocenters. The summed E-state index contributed by atoms with van der Waals surface area (Å²) in [6.07, 6.45) is 10.2. The topological polar surface area (TPSA) is 50.8 Å². The van der Waals surface area contributed by atoms with E-state index in [1.807, 2.05) is 26.2 Å². The molecule has 5 nitrogen and oxygen atoms in total. The minimum atomic E-state index is -0.467. The van der Waals surface area contributed by atoms with Crippen molar-refractivity contribution in [2.24, 2.45) is 0 Å². The van der Waals surface area contributed by atoms with Crippen LogP contribution < -0.4 is 10.1 Å². The smallest absolute Gasteiger partial charge is 0.213 e. The first-order valence-electron chi connectivity index (χ1n) is 10.3. The summed E-state index contributed by atoms with van der Waals surface area (Å²) in [6.45, 7) is 4.62. The van der Waals surface area contributed by atoms with Crippen LogP contribution in [0.15, 0.2) is 36.0 Å². The lowest BCUT2D eigenvalue weighted by Gasteiger charge is -2.47. The SMILES string of the molecule is CN/C=C(\C(C)=C/C=O)c1ccc2c(c1)COC1(CCN(C3CCC3)CC1)O2. The maximum absolute atomic E-state index is 10.9. The Morgan fingerprint density at radius 3 is 2.71 bits per heavy atom. The molecule has 3 aliphatic rings. The number of hydrogen-bond donors (Lipinski definition) is 1. The third-order valence-corrected chi connectivity index (χ3v) is 6.34. The van der Waals surface area contributed by atoms with Crippen molar-refractivity contribution in [2.45, 2.75) is 57.5 Å². The predicted octanol–water partition coefficient (Wildman–Crippen LogP) is 3.65. The average molecular weight is 383 g/mol.